The molecule has 0 atom stereocenters. The number of para-hydroxylation sites is 1. The van der Waals surface area contributed by atoms with E-state index in [4.69, 9.17) is 27.9 Å². The maximum atomic E-state index is 11.1. The molecular weight excluding hydrogens is 301 g/mol. The van der Waals surface area contributed by atoms with Crippen LogP contribution in [0.2, 0.25) is 5.02 Å². The van der Waals surface area contributed by atoms with E-state index in [-0.39, 0.29) is 11.4 Å². The van der Waals surface area contributed by atoms with Crippen LogP contribution in [0.1, 0.15) is 11.1 Å². The molecule has 0 bridgehead atoms. The zero-order chi connectivity index (χ0) is 14.7. The average Bonchev–Trinajstić information content (AvgIpc) is 2.38. The molecule has 2 aromatic carbocycles. The van der Waals surface area contributed by atoms with Gasteiger partial charge >= 0.3 is 5.69 Å². The fourth-order valence-corrected chi connectivity index (χ4v) is 2.31. The summed E-state index contributed by atoms with van der Waals surface area (Å²) >= 11 is 11.7. The highest BCUT2D eigenvalue weighted by Crippen LogP contribution is 2.35. The summed E-state index contributed by atoms with van der Waals surface area (Å²) in [6.45, 7) is 1.66. The number of nitro benzene ring substituents is 1. The molecule has 0 N–H and O–H groups in total. The molecule has 2 aromatic rings. The van der Waals surface area contributed by atoms with Gasteiger partial charge in [0.1, 0.15) is 5.75 Å². The van der Waals surface area contributed by atoms with Crippen LogP contribution < -0.4 is 4.74 Å². The number of alkyl halides is 1. The molecule has 0 amide bonds. The van der Waals surface area contributed by atoms with Gasteiger partial charge < -0.3 is 4.74 Å². The smallest absolute Gasteiger partial charge is 0.314 e. The van der Waals surface area contributed by atoms with E-state index in [9.17, 15) is 10.1 Å². The number of aryl methyl sites for hydroxylation is 1. The molecule has 0 fully saturated rings. The zero-order valence-electron chi connectivity index (χ0n) is 10.6. The molecule has 0 saturated heterocycles. The van der Waals surface area contributed by atoms with Crippen LogP contribution in [0.15, 0.2) is 36.4 Å². The van der Waals surface area contributed by atoms with Gasteiger partial charge in [0.25, 0.3) is 0 Å². The standard InChI is InChI=1S/C14H11Cl2NO3/c1-9-3-2-4-13(14(9)17(18)19)20-11-6-5-10(8-15)12(16)7-11/h2-7H,8H2,1H3. The van der Waals surface area contributed by atoms with Gasteiger partial charge in [-0.25, -0.2) is 0 Å². The van der Waals surface area contributed by atoms with Gasteiger partial charge in [0, 0.05) is 16.5 Å². The van der Waals surface area contributed by atoms with E-state index < -0.39 is 4.92 Å². The van der Waals surface area contributed by atoms with Crippen LogP contribution >= 0.6 is 23.2 Å². The van der Waals surface area contributed by atoms with Crippen LogP contribution in [0.3, 0.4) is 0 Å². The first-order valence-electron chi connectivity index (χ1n) is 5.79. The zero-order valence-corrected chi connectivity index (χ0v) is 12.1. The maximum absolute atomic E-state index is 11.1. The SMILES string of the molecule is Cc1cccc(Oc2ccc(CCl)c(Cl)c2)c1[N+](=O)[O-]. The van der Waals surface area contributed by atoms with Crippen molar-refractivity contribution in [1.29, 1.82) is 0 Å². The number of ether oxygens (including phenoxy) is 1. The number of benzene rings is 2. The third kappa shape index (κ3) is 3.03. The molecule has 0 spiro atoms. The molecule has 0 aromatic heterocycles. The Morgan fingerprint density at radius 2 is 2.05 bits per heavy atom. The third-order valence-electron chi connectivity index (χ3n) is 2.78. The van der Waals surface area contributed by atoms with Crippen molar-refractivity contribution in [2.24, 2.45) is 0 Å². The quantitative estimate of drug-likeness (QED) is 0.449. The highest BCUT2D eigenvalue weighted by molar-refractivity contribution is 6.32. The summed E-state index contributed by atoms with van der Waals surface area (Å²) in [5.41, 5.74) is 1.26. The van der Waals surface area contributed by atoms with Crippen molar-refractivity contribution in [2.45, 2.75) is 12.8 Å². The Morgan fingerprint density at radius 1 is 1.30 bits per heavy atom. The fourth-order valence-electron chi connectivity index (χ4n) is 1.78. The minimum absolute atomic E-state index is 0.0509. The van der Waals surface area contributed by atoms with Gasteiger partial charge in [0.05, 0.1) is 4.92 Å². The predicted molar refractivity (Wildman–Crippen MR) is 78.9 cm³/mol. The van der Waals surface area contributed by atoms with Crippen LogP contribution in [0.5, 0.6) is 11.5 Å². The number of rotatable bonds is 4. The van der Waals surface area contributed by atoms with E-state index in [1.807, 2.05) is 0 Å². The molecule has 6 heteroatoms. The lowest BCUT2D eigenvalue weighted by Crippen LogP contribution is -1.96. The Bertz CT molecular complexity index is 659. The monoisotopic (exact) mass is 311 g/mol. The minimum atomic E-state index is -0.459. The minimum Gasteiger partial charge on any atom is -0.450 e. The Balaban J connectivity index is 2.38. The van der Waals surface area contributed by atoms with Crippen molar-refractivity contribution in [1.82, 2.24) is 0 Å². The summed E-state index contributed by atoms with van der Waals surface area (Å²) in [5, 5.41) is 11.5. The van der Waals surface area contributed by atoms with E-state index in [0.717, 1.165) is 5.56 Å². The molecule has 0 heterocycles. The molecule has 20 heavy (non-hydrogen) atoms. The van der Waals surface area contributed by atoms with Crippen LogP contribution in [0.4, 0.5) is 5.69 Å². The fraction of sp³-hybridized carbons (Fsp3) is 0.143. The average molecular weight is 312 g/mol. The van der Waals surface area contributed by atoms with Crippen molar-refractivity contribution in [3.8, 4) is 11.5 Å². The molecule has 0 aliphatic rings. The Kier molecular flexibility index (Phi) is 4.47. The van der Waals surface area contributed by atoms with Gasteiger partial charge in [-0.3, -0.25) is 10.1 Å². The first-order chi connectivity index (χ1) is 9.52. The molecule has 2 rings (SSSR count). The van der Waals surface area contributed by atoms with Crippen LogP contribution in [-0.4, -0.2) is 4.92 Å². The largest absolute Gasteiger partial charge is 0.450 e. The predicted octanol–water partition coefficient (Wildman–Crippen LogP) is 5.09. The van der Waals surface area contributed by atoms with Gasteiger partial charge in [0.15, 0.2) is 0 Å². The lowest BCUT2D eigenvalue weighted by atomic mass is 10.2. The van der Waals surface area contributed by atoms with Crippen LogP contribution in [-0.2, 0) is 5.88 Å². The van der Waals surface area contributed by atoms with Crippen molar-refractivity contribution in [3.63, 3.8) is 0 Å². The molecule has 0 saturated carbocycles. The Hall–Kier alpha value is -1.78. The second-order valence-electron chi connectivity index (χ2n) is 4.17. The highest BCUT2D eigenvalue weighted by Gasteiger charge is 2.18. The van der Waals surface area contributed by atoms with Gasteiger partial charge in [-0.05, 0) is 30.7 Å². The molecule has 0 unspecified atom stereocenters. The van der Waals surface area contributed by atoms with E-state index in [2.05, 4.69) is 0 Å². The second-order valence-corrected chi connectivity index (χ2v) is 4.84. The lowest BCUT2D eigenvalue weighted by Gasteiger charge is -2.09. The molecule has 4 nitrogen and oxygen atoms in total. The van der Waals surface area contributed by atoms with Crippen molar-refractivity contribution in [2.75, 3.05) is 0 Å². The number of nitrogens with zero attached hydrogens (tertiary/aromatic N) is 1. The Labute approximate surface area is 126 Å². The number of halogens is 2. The first kappa shape index (κ1) is 14.6. The van der Waals surface area contributed by atoms with E-state index >= 15 is 0 Å². The second kappa shape index (κ2) is 6.11. The maximum Gasteiger partial charge on any atom is 0.314 e. The third-order valence-corrected chi connectivity index (χ3v) is 3.42. The van der Waals surface area contributed by atoms with Gasteiger partial charge in [0.2, 0.25) is 5.75 Å². The van der Waals surface area contributed by atoms with Gasteiger partial charge in [-0.2, -0.15) is 0 Å². The summed E-state index contributed by atoms with van der Waals surface area (Å²) in [6.07, 6.45) is 0. The molecule has 0 aliphatic carbocycles. The molecule has 104 valence electrons. The first-order valence-corrected chi connectivity index (χ1v) is 6.70. The highest BCUT2D eigenvalue weighted by atomic mass is 35.5. The van der Waals surface area contributed by atoms with Crippen molar-refractivity contribution >= 4 is 28.9 Å². The Morgan fingerprint density at radius 3 is 2.65 bits per heavy atom. The normalized spacial score (nSPS) is 10.3. The van der Waals surface area contributed by atoms with Crippen molar-refractivity contribution in [3.05, 3.63) is 62.7 Å². The van der Waals surface area contributed by atoms with Crippen LogP contribution in [0, 0.1) is 17.0 Å². The van der Waals surface area contributed by atoms with E-state index in [1.165, 1.54) is 0 Å². The summed E-state index contributed by atoms with van der Waals surface area (Å²) in [7, 11) is 0. The summed E-state index contributed by atoms with van der Waals surface area (Å²) in [5.74, 6) is 0.909. The summed E-state index contributed by atoms with van der Waals surface area (Å²) in [4.78, 5) is 10.6. The van der Waals surface area contributed by atoms with Crippen LogP contribution in [0.25, 0.3) is 0 Å². The molecule has 0 radical (unpaired) electrons. The van der Waals surface area contributed by atoms with Crippen molar-refractivity contribution < 1.29 is 9.66 Å². The van der Waals surface area contributed by atoms with Gasteiger partial charge in [-0.1, -0.05) is 29.8 Å². The summed E-state index contributed by atoms with van der Waals surface area (Å²) in [6, 6.07) is 9.91. The molecule has 0 aliphatic heterocycles. The number of hydrogen-bond donors (Lipinski definition) is 0. The van der Waals surface area contributed by atoms with Gasteiger partial charge in [-0.15, -0.1) is 11.6 Å². The van der Waals surface area contributed by atoms with E-state index in [1.54, 1.807) is 43.3 Å². The molecular formula is C14H11Cl2NO3. The lowest BCUT2D eigenvalue weighted by molar-refractivity contribution is -0.386. The summed E-state index contributed by atoms with van der Waals surface area (Å²) < 4.78 is 5.56. The number of nitro groups is 1. The van der Waals surface area contributed by atoms with E-state index in [0.29, 0.717) is 22.2 Å². The topological polar surface area (TPSA) is 52.4 Å². The number of hydrogen-bond acceptors (Lipinski definition) is 3.